The molecular formula is C18H14N2O3. The summed E-state index contributed by atoms with van der Waals surface area (Å²) < 4.78 is 15.9. The van der Waals surface area contributed by atoms with Gasteiger partial charge in [-0.3, -0.25) is 0 Å². The Kier molecular flexibility index (Phi) is 4.25. The normalized spacial score (nSPS) is 10.1. The van der Waals surface area contributed by atoms with Crippen LogP contribution >= 0.6 is 0 Å². The molecule has 1 heterocycles. The van der Waals surface area contributed by atoms with Crippen molar-refractivity contribution < 1.29 is 14.0 Å². The number of ether oxygens (including phenoxy) is 2. The van der Waals surface area contributed by atoms with Crippen molar-refractivity contribution in [3.05, 3.63) is 48.5 Å². The average Bonchev–Trinajstić information content (AvgIpc) is 3.10. The molecule has 3 rings (SSSR count). The van der Waals surface area contributed by atoms with Gasteiger partial charge in [0.15, 0.2) is 0 Å². The van der Waals surface area contributed by atoms with E-state index in [9.17, 15) is 0 Å². The molecule has 114 valence electrons. The summed E-state index contributed by atoms with van der Waals surface area (Å²) in [5, 5.41) is 4.01. The lowest BCUT2D eigenvalue weighted by Gasteiger charge is -2.01. The number of methoxy groups -OCH3 is 1. The molecule has 0 bridgehead atoms. The molecule has 3 aromatic rings. The maximum Gasteiger partial charge on any atom is 0.258 e. The van der Waals surface area contributed by atoms with Crippen molar-refractivity contribution >= 4 is 0 Å². The Morgan fingerprint density at radius 3 is 2.65 bits per heavy atom. The summed E-state index contributed by atoms with van der Waals surface area (Å²) >= 11 is 0. The van der Waals surface area contributed by atoms with Crippen LogP contribution in [0, 0.1) is 12.3 Å². The van der Waals surface area contributed by atoms with Gasteiger partial charge in [-0.25, -0.2) is 0 Å². The lowest BCUT2D eigenvalue weighted by molar-refractivity contribution is 0.370. The minimum absolute atomic E-state index is 0.236. The molecule has 0 atom stereocenters. The Hall–Kier alpha value is -3.26. The zero-order chi connectivity index (χ0) is 16.1. The maximum atomic E-state index is 5.33. The molecule has 0 saturated carbocycles. The van der Waals surface area contributed by atoms with E-state index < -0.39 is 0 Å². The van der Waals surface area contributed by atoms with Crippen LogP contribution in [0.4, 0.5) is 0 Å². The summed E-state index contributed by atoms with van der Waals surface area (Å²) in [5.41, 5.74) is 1.63. The molecule has 0 aliphatic carbocycles. The highest BCUT2D eigenvalue weighted by Crippen LogP contribution is 2.25. The van der Waals surface area contributed by atoms with E-state index in [4.69, 9.17) is 20.4 Å². The van der Waals surface area contributed by atoms with E-state index in [1.54, 1.807) is 7.11 Å². The van der Waals surface area contributed by atoms with E-state index in [-0.39, 0.29) is 6.61 Å². The van der Waals surface area contributed by atoms with Crippen LogP contribution in [0.15, 0.2) is 53.1 Å². The lowest BCUT2D eigenvalue weighted by atomic mass is 10.2. The van der Waals surface area contributed by atoms with Gasteiger partial charge in [0.05, 0.1) is 7.11 Å². The minimum atomic E-state index is 0.236. The van der Waals surface area contributed by atoms with Gasteiger partial charge >= 0.3 is 0 Å². The summed E-state index contributed by atoms with van der Waals surface area (Å²) in [7, 11) is 1.62. The Bertz CT molecular complexity index is 832. The second-order valence-electron chi connectivity index (χ2n) is 4.67. The average molecular weight is 306 g/mol. The van der Waals surface area contributed by atoms with Crippen LogP contribution in [0.1, 0.15) is 0 Å². The molecule has 1 aromatic heterocycles. The van der Waals surface area contributed by atoms with Gasteiger partial charge in [-0.2, -0.15) is 4.98 Å². The van der Waals surface area contributed by atoms with Crippen molar-refractivity contribution in [3.8, 4) is 46.7 Å². The summed E-state index contributed by atoms with van der Waals surface area (Å²) in [5.74, 6) is 4.80. The predicted molar refractivity (Wildman–Crippen MR) is 86.1 cm³/mol. The molecule has 0 N–H and O–H groups in total. The van der Waals surface area contributed by atoms with E-state index in [2.05, 4.69) is 16.1 Å². The fourth-order valence-corrected chi connectivity index (χ4v) is 2.04. The Labute approximate surface area is 133 Å². The van der Waals surface area contributed by atoms with E-state index in [0.29, 0.717) is 17.5 Å². The molecule has 0 unspecified atom stereocenters. The Morgan fingerprint density at radius 2 is 1.91 bits per heavy atom. The van der Waals surface area contributed by atoms with E-state index in [1.165, 1.54) is 0 Å². The Balaban J connectivity index is 1.82. The van der Waals surface area contributed by atoms with Crippen LogP contribution in [0.5, 0.6) is 11.5 Å². The number of benzene rings is 2. The van der Waals surface area contributed by atoms with Gasteiger partial charge in [0.1, 0.15) is 18.1 Å². The third-order valence-corrected chi connectivity index (χ3v) is 3.18. The van der Waals surface area contributed by atoms with Crippen molar-refractivity contribution in [2.45, 2.75) is 0 Å². The van der Waals surface area contributed by atoms with Gasteiger partial charge < -0.3 is 14.0 Å². The second kappa shape index (κ2) is 6.67. The summed E-state index contributed by atoms with van der Waals surface area (Å²) in [6.07, 6.45) is 5.16. The third-order valence-electron chi connectivity index (χ3n) is 3.18. The van der Waals surface area contributed by atoms with Gasteiger partial charge in [-0.05, 0) is 36.4 Å². The van der Waals surface area contributed by atoms with E-state index >= 15 is 0 Å². The molecule has 5 heteroatoms. The minimum Gasteiger partial charge on any atom is -0.497 e. The first-order chi connectivity index (χ1) is 11.3. The Morgan fingerprint density at radius 1 is 1.09 bits per heavy atom. The van der Waals surface area contributed by atoms with Crippen LogP contribution in [-0.4, -0.2) is 23.9 Å². The third kappa shape index (κ3) is 3.33. The summed E-state index contributed by atoms with van der Waals surface area (Å²) in [6.45, 7) is 0.236. The molecule has 0 aliphatic heterocycles. The van der Waals surface area contributed by atoms with Gasteiger partial charge in [0, 0.05) is 11.1 Å². The molecule has 23 heavy (non-hydrogen) atoms. The zero-order valence-corrected chi connectivity index (χ0v) is 12.5. The molecule has 2 aromatic carbocycles. The highest BCUT2D eigenvalue weighted by atomic mass is 16.5. The first-order valence-corrected chi connectivity index (χ1v) is 6.95. The molecule has 0 radical (unpaired) electrons. The number of hydrogen-bond donors (Lipinski definition) is 0. The number of hydrogen-bond acceptors (Lipinski definition) is 5. The topological polar surface area (TPSA) is 57.4 Å². The number of nitrogens with zero attached hydrogens (tertiary/aromatic N) is 2. The van der Waals surface area contributed by atoms with Gasteiger partial charge in [0.25, 0.3) is 5.89 Å². The van der Waals surface area contributed by atoms with E-state index in [1.807, 2.05) is 48.5 Å². The monoisotopic (exact) mass is 306 g/mol. The summed E-state index contributed by atoms with van der Waals surface area (Å²) in [4.78, 5) is 4.41. The fourth-order valence-electron chi connectivity index (χ4n) is 2.04. The molecular weight excluding hydrogens is 292 g/mol. The quantitative estimate of drug-likeness (QED) is 0.676. The van der Waals surface area contributed by atoms with Crippen molar-refractivity contribution in [1.82, 2.24) is 10.1 Å². The molecule has 0 aliphatic rings. The zero-order valence-electron chi connectivity index (χ0n) is 12.5. The van der Waals surface area contributed by atoms with Crippen LogP contribution in [0.2, 0.25) is 0 Å². The first kappa shape index (κ1) is 14.7. The molecule has 0 amide bonds. The van der Waals surface area contributed by atoms with Crippen LogP contribution in [-0.2, 0) is 0 Å². The standard InChI is InChI=1S/C18H14N2O3/c1-3-11-22-15-9-7-13(8-10-15)18-19-17(20-23-18)14-5-4-6-16(12-14)21-2/h1,4-10,12H,11H2,2H3. The smallest absolute Gasteiger partial charge is 0.258 e. The highest BCUT2D eigenvalue weighted by Gasteiger charge is 2.11. The van der Waals surface area contributed by atoms with Gasteiger partial charge in [0.2, 0.25) is 5.82 Å². The summed E-state index contributed by atoms with van der Waals surface area (Å²) in [6, 6.07) is 14.8. The fraction of sp³-hybridized carbons (Fsp3) is 0.111. The van der Waals surface area contributed by atoms with Gasteiger partial charge in [-0.15, -0.1) is 6.42 Å². The molecule has 5 nitrogen and oxygen atoms in total. The predicted octanol–water partition coefficient (Wildman–Crippen LogP) is 3.42. The van der Waals surface area contributed by atoms with Crippen molar-refractivity contribution in [2.24, 2.45) is 0 Å². The van der Waals surface area contributed by atoms with Gasteiger partial charge in [-0.1, -0.05) is 23.2 Å². The largest absolute Gasteiger partial charge is 0.497 e. The molecule has 0 spiro atoms. The number of terminal acetylenes is 1. The van der Waals surface area contributed by atoms with E-state index in [0.717, 1.165) is 16.9 Å². The van der Waals surface area contributed by atoms with Crippen LogP contribution < -0.4 is 9.47 Å². The molecule has 0 fully saturated rings. The second-order valence-corrected chi connectivity index (χ2v) is 4.67. The van der Waals surface area contributed by atoms with Crippen molar-refractivity contribution in [1.29, 1.82) is 0 Å². The number of rotatable bonds is 5. The highest BCUT2D eigenvalue weighted by molar-refractivity contribution is 5.61. The number of aromatic nitrogens is 2. The maximum absolute atomic E-state index is 5.33. The SMILES string of the molecule is C#CCOc1ccc(-c2nc(-c3cccc(OC)c3)no2)cc1. The van der Waals surface area contributed by atoms with Crippen molar-refractivity contribution in [2.75, 3.05) is 13.7 Å². The van der Waals surface area contributed by atoms with Crippen LogP contribution in [0.25, 0.3) is 22.8 Å². The van der Waals surface area contributed by atoms with Crippen molar-refractivity contribution in [3.63, 3.8) is 0 Å². The molecule has 0 saturated heterocycles. The first-order valence-electron chi connectivity index (χ1n) is 6.95. The van der Waals surface area contributed by atoms with Crippen LogP contribution in [0.3, 0.4) is 0 Å². The lowest BCUT2D eigenvalue weighted by Crippen LogP contribution is -1.92.